The Morgan fingerprint density at radius 2 is 1.95 bits per heavy atom. The van der Waals surface area contributed by atoms with E-state index in [1.165, 1.54) is 0 Å². The third-order valence-electron chi connectivity index (χ3n) is 4.10. The van der Waals surface area contributed by atoms with Crippen LogP contribution in [0.1, 0.15) is 24.0 Å². The van der Waals surface area contributed by atoms with E-state index in [0.29, 0.717) is 19.2 Å². The van der Waals surface area contributed by atoms with Crippen LogP contribution in [-0.2, 0) is 0 Å². The van der Waals surface area contributed by atoms with E-state index in [9.17, 15) is 5.11 Å². The molecular formula is C17H27N2O2. The third kappa shape index (κ3) is 4.99. The van der Waals surface area contributed by atoms with Crippen molar-refractivity contribution in [3.63, 3.8) is 0 Å². The van der Waals surface area contributed by atoms with Crippen molar-refractivity contribution in [2.24, 2.45) is 0 Å². The van der Waals surface area contributed by atoms with Crippen LogP contribution in [0.4, 0.5) is 0 Å². The molecular weight excluding hydrogens is 264 g/mol. The Morgan fingerprint density at radius 3 is 2.57 bits per heavy atom. The topological polar surface area (TPSA) is 44.7 Å². The molecule has 1 fully saturated rings. The molecule has 1 aromatic rings. The normalized spacial score (nSPS) is 18.7. The second-order valence-electron chi connectivity index (χ2n) is 6.10. The number of ether oxygens (including phenoxy) is 1. The Balaban J connectivity index is 1.71. The largest absolute Gasteiger partial charge is 0.490 e. The Bertz CT molecular complexity index is 422. The lowest BCUT2D eigenvalue weighted by atomic mass is 10.1. The fraction of sp³-hybridized carbons (Fsp3) is 0.647. The highest BCUT2D eigenvalue weighted by molar-refractivity contribution is 5.39. The van der Waals surface area contributed by atoms with E-state index in [4.69, 9.17) is 4.74 Å². The van der Waals surface area contributed by atoms with Gasteiger partial charge >= 0.3 is 0 Å². The van der Waals surface area contributed by atoms with Gasteiger partial charge in [0, 0.05) is 12.6 Å². The SMILES string of the molecule is Cc1c[c]cc(C)c1OCC(O)CNC1CCN(C)CC1. The highest BCUT2D eigenvalue weighted by Crippen LogP contribution is 2.22. The molecule has 1 aromatic carbocycles. The minimum Gasteiger partial charge on any atom is -0.490 e. The van der Waals surface area contributed by atoms with E-state index < -0.39 is 6.10 Å². The molecule has 0 spiro atoms. The van der Waals surface area contributed by atoms with Gasteiger partial charge in [0.1, 0.15) is 18.5 Å². The molecule has 1 atom stereocenters. The monoisotopic (exact) mass is 291 g/mol. The maximum absolute atomic E-state index is 10.1. The maximum atomic E-state index is 10.1. The second-order valence-corrected chi connectivity index (χ2v) is 6.10. The zero-order valence-corrected chi connectivity index (χ0v) is 13.4. The van der Waals surface area contributed by atoms with Crippen LogP contribution in [0, 0.1) is 19.9 Å². The summed E-state index contributed by atoms with van der Waals surface area (Å²) in [5, 5.41) is 13.5. The van der Waals surface area contributed by atoms with Crippen molar-refractivity contribution < 1.29 is 9.84 Å². The summed E-state index contributed by atoms with van der Waals surface area (Å²) in [7, 11) is 2.15. The van der Waals surface area contributed by atoms with E-state index in [-0.39, 0.29) is 0 Å². The van der Waals surface area contributed by atoms with E-state index >= 15 is 0 Å². The van der Waals surface area contributed by atoms with Crippen molar-refractivity contribution in [2.45, 2.75) is 38.8 Å². The van der Waals surface area contributed by atoms with Gasteiger partial charge in [-0.2, -0.15) is 0 Å². The predicted molar refractivity (Wildman–Crippen MR) is 84.8 cm³/mol. The van der Waals surface area contributed by atoms with Gasteiger partial charge in [0.25, 0.3) is 0 Å². The van der Waals surface area contributed by atoms with Gasteiger partial charge in [-0.05, 0) is 76.2 Å². The number of piperidine rings is 1. The Hall–Kier alpha value is -1.10. The number of hydrogen-bond acceptors (Lipinski definition) is 4. The second kappa shape index (κ2) is 7.78. The fourth-order valence-electron chi connectivity index (χ4n) is 2.72. The summed E-state index contributed by atoms with van der Waals surface area (Å²) in [6.45, 7) is 7.17. The number of aliphatic hydroxyl groups excluding tert-OH is 1. The molecule has 0 saturated carbocycles. The van der Waals surface area contributed by atoms with Gasteiger partial charge in [0.05, 0.1) is 0 Å². The molecule has 0 aromatic heterocycles. The van der Waals surface area contributed by atoms with Crippen LogP contribution in [-0.4, -0.2) is 55.4 Å². The summed E-state index contributed by atoms with van der Waals surface area (Å²) in [6.07, 6.45) is 1.82. The first-order chi connectivity index (χ1) is 10.1. The van der Waals surface area contributed by atoms with Crippen molar-refractivity contribution in [3.8, 4) is 5.75 Å². The highest BCUT2D eigenvalue weighted by atomic mass is 16.5. The average Bonchev–Trinajstić information content (AvgIpc) is 2.46. The number of nitrogens with zero attached hydrogens (tertiary/aromatic N) is 1. The number of aliphatic hydroxyl groups is 1. The lowest BCUT2D eigenvalue weighted by Crippen LogP contribution is -2.44. The number of nitrogens with one attached hydrogen (secondary N) is 1. The van der Waals surface area contributed by atoms with E-state index in [1.54, 1.807) is 0 Å². The summed E-state index contributed by atoms with van der Waals surface area (Å²) in [6, 6.07) is 7.41. The van der Waals surface area contributed by atoms with Crippen molar-refractivity contribution in [3.05, 3.63) is 29.3 Å². The van der Waals surface area contributed by atoms with Crippen molar-refractivity contribution in [1.82, 2.24) is 10.2 Å². The zero-order valence-electron chi connectivity index (χ0n) is 13.4. The molecule has 1 aliphatic rings. The molecule has 4 heteroatoms. The van der Waals surface area contributed by atoms with Crippen LogP contribution >= 0.6 is 0 Å². The number of benzene rings is 1. The molecule has 0 amide bonds. The van der Waals surface area contributed by atoms with Gasteiger partial charge in [-0.3, -0.25) is 0 Å². The summed E-state index contributed by atoms with van der Waals surface area (Å²) in [5.74, 6) is 0.868. The molecule has 2 N–H and O–H groups in total. The average molecular weight is 291 g/mol. The van der Waals surface area contributed by atoms with E-state index in [0.717, 1.165) is 42.8 Å². The molecule has 1 radical (unpaired) electrons. The molecule has 1 heterocycles. The standard InChI is InChI=1S/C17H27N2O2/c1-13-5-4-6-14(2)17(13)21-12-16(20)11-18-15-7-9-19(3)10-8-15/h5-6,15-16,18,20H,7-12H2,1-3H3. The predicted octanol–water partition coefficient (Wildman–Crippen LogP) is 1.53. The molecule has 117 valence electrons. The Kier molecular flexibility index (Phi) is 6.03. The molecule has 0 aliphatic carbocycles. The fourth-order valence-corrected chi connectivity index (χ4v) is 2.72. The highest BCUT2D eigenvalue weighted by Gasteiger charge is 2.17. The number of hydrogen-bond donors (Lipinski definition) is 2. The van der Waals surface area contributed by atoms with Crippen LogP contribution in [0.15, 0.2) is 12.1 Å². The van der Waals surface area contributed by atoms with Gasteiger partial charge in [0.2, 0.25) is 0 Å². The summed E-state index contributed by atoms with van der Waals surface area (Å²) in [5.41, 5.74) is 2.12. The minimum absolute atomic E-state index is 0.325. The van der Waals surface area contributed by atoms with Crippen molar-refractivity contribution in [1.29, 1.82) is 0 Å². The summed E-state index contributed by atoms with van der Waals surface area (Å²) >= 11 is 0. The van der Waals surface area contributed by atoms with Crippen LogP contribution in [0.3, 0.4) is 0 Å². The Labute approximate surface area is 128 Å². The molecule has 1 aliphatic heterocycles. The van der Waals surface area contributed by atoms with Crippen LogP contribution in [0.5, 0.6) is 5.75 Å². The lowest BCUT2D eigenvalue weighted by Gasteiger charge is -2.30. The zero-order chi connectivity index (χ0) is 15.2. The van der Waals surface area contributed by atoms with Gasteiger partial charge in [-0.25, -0.2) is 0 Å². The first kappa shape index (κ1) is 16.3. The first-order valence-electron chi connectivity index (χ1n) is 7.76. The molecule has 1 saturated heterocycles. The maximum Gasteiger partial charge on any atom is 0.125 e. The molecule has 4 nitrogen and oxygen atoms in total. The van der Waals surface area contributed by atoms with Crippen LogP contribution in [0.2, 0.25) is 0 Å². The Morgan fingerprint density at radius 1 is 1.33 bits per heavy atom. The number of aryl methyl sites for hydroxylation is 2. The smallest absolute Gasteiger partial charge is 0.125 e. The number of likely N-dealkylation sites (tertiary alicyclic amines) is 1. The molecule has 21 heavy (non-hydrogen) atoms. The van der Waals surface area contributed by atoms with Crippen molar-refractivity contribution >= 4 is 0 Å². The van der Waals surface area contributed by atoms with E-state index in [1.807, 2.05) is 26.0 Å². The minimum atomic E-state index is -0.479. The van der Waals surface area contributed by atoms with Crippen LogP contribution < -0.4 is 10.1 Å². The molecule has 0 bridgehead atoms. The first-order valence-corrected chi connectivity index (χ1v) is 7.76. The number of rotatable bonds is 6. The third-order valence-corrected chi connectivity index (χ3v) is 4.10. The van der Waals surface area contributed by atoms with Crippen LogP contribution in [0.25, 0.3) is 0 Å². The quantitative estimate of drug-likeness (QED) is 0.834. The van der Waals surface area contributed by atoms with Gasteiger partial charge < -0.3 is 20.1 Å². The van der Waals surface area contributed by atoms with E-state index in [2.05, 4.69) is 23.3 Å². The summed E-state index contributed by atoms with van der Waals surface area (Å²) in [4.78, 5) is 2.34. The lowest BCUT2D eigenvalue weighted by molar-refractivity contribution is 0.0989. The van der Waals surface area contributed by atoms with Gasteiger partial charge in [-0.1, -0.05) is 0 Å². The van der Waals surface area contributed by atoms with Gasteiger partial charge in [-0.15, -0.1) is 0 Å². The molecule has 1 unspecified atom stereocenters. The van der Waals surface area contributed by atoms with Crippen molar-refractivity contribution in [2.75, 3.05) is 33.3 Å². The molecule has 2 rings (SSSR count). The summed E-state index contributed by atoms with van der Waals surface area (Å²) < 4.78 is 5.77. The van der Waals surface area contributed by atoms with Gasteiger partial charge in [0.15, 0.2) is 0 Å².